The summed E-state index contributed by atoms with van der Waals surface area (Å²) in [5.41, 5.74) is 2.44. The number of nitrogens with one attached hydrogen (secondary N) is 2. The van der Waals surface area contributed by atoms with Crippen LogP contribution in [-0.2, 0) is 17.9 Å². The predicted octanol–water partition coefficient (Wildman–Crippen LogP) is 2.03. The van der Waals surface area contributed by atoms with Crippen molar-refractivity contribution >= 4 is 28.5 Å². The molecule has 32 heavy (non-hydrogen) atoms. The highest BCUT2D eigenvalue weighted by Gasteiger charge is 2.11. The summed E-state index contributed by atoms with van der Waals surface area (Å²) < 4.78 is 3.15. The molecule has 2 heterocycles. The number of rotatable bonds is 7. The van der Waals surface area contributed by atoms with Gasteiger partial charge in [0.1, 0.15) is 11.7 Å². The smallest absolute Gasteiger partial charge is 0.264 e. The molecule has 0 atom stereocenters. The van der Waals surface area contributed by atoms with Gasteiger partial charge in [-0.1, -0.05) is 30.3 Å². The van der Waals surface area contributed by atoms with Gasteiger partial charge in [0.2, 0.25) is 5.91 Å². The first kappa shape index (κ1) is 21.0. The van der Waals surface area contributed by atoms with Crippen LogP contribution in [0.3, 0.4) is 0 Å². The number of carbonyl (C=O) groups is 2. The molecule has 0 unspecified atom stereocenters. The van der Waals surface area contributed by atoms with Crippen LogP contribution >= 0.6 is 0 Å². The number of hydrogen-bond donors (Lipinski definition) is 2. The second-order valence-electron chi connectivity index (χ2n) is 7.28. The molecular weight excluding hydrogens is 408 g/mol. The minimum atomic E-state index is -0.242. The van der Waals surface area contributed by atoms with Crippen molar-refractivity contribution in [3.8, 4) is 0 Å². The van der Waals surface area contributed by atoms with Crippen LogP contribution in [0.2, 0.25) is 0 Å². The number of anilines is 1. The third-order valence-electron chi connectivity index (χ3n) is 4.89. The monoisotopic (exact) mass is 430 g/mol. The highest BCUT2D eigenvalue weighted by atomic mass is 16.2. The van der Waals surface area contributed by atoms with Crippen LogP contribution in [0.4, 0.5) is 5.69 Å². The van der Waals surface area contributed by atoms with Crippen LogP contribution in [0.15, 0.2) is 71.9 Å². The molecule has 4 rings (SSSR count). The Labute approximate surface area is 183 Å². The van der Waals surface area contributed by atoms with Crippen molar-refractivity contribution in [2.24, 2.45) is 0 Å². The Morgan fingerprint density at radius 1 is 1.03 bits per heavy atom. The Balaban J connectivity index is 1.39. The van der Waals surface area contributed by atoms with Crippen molar-refractivity contribution in [1.29, 1.82) is 0 Å². The van der Waals surface area contributed by atoms with Gasteiger partial charge in [0.25, 0.3) is 11.5 Å². The van der Waals surface area contributed by atoms with Crippen LogP contribution in [0.5, 0.6) is 0 Å². The third-order valence-corrected chi connectivity index (χ3v) is 4.89. The summed E-state index contributed by atoms with van der Waals surface area (Å²) in [6, 6.07) is 16.3. The molecule has 0 spiro atoms. The zero-order chi connectivity index (χ0) is 22.5. The van der Waals surface area contributed by atoms with Gasteiger partial charge in [0.05, 0.1) is 19.3 Å². The third kappa shape index (κ3) is 4.72. The van der Waals surface area contributed by atoms with Gasteiger partial charge in [-0.15, -0.1) is 0 Å². The van der Waals surface area contributed by atoms with E-state index < -0.39 is 0 Å². The van der Waals surface area contributed by atoms with Crippen LogP contribution in [-0.4, -0.2) is 37.7 Å². The van der Waals surface area contributed by atoms with Gasteiger partial charge in [0.15, 0.2) is 5.65 Å². The summed E-state index contributed by atoms with van der Waals surface area (Å²) in [6.45, 7) is 2.55. The molecule has 0 saturated heterocycles. The van der Waals surface area contributed by atoms with Gasteiger partial charge in [-0.2, -0.15) is 5.10 Å². The average Bonchev–Trinajstić information content (AvgIpc) is 3.20. The summed E-state index contributed by atoms with van der Waals surface area (Å²) in [4.78, 5) is 40.6. The van der Waals surface area contributed by atoms with E-state index in [9.17, 15) is 14.4 Å². The number of carbonyl (C=O) groups excluding carboxylic acids is 2. The zero-order valence-corrected chi connectivity index (χ0v) is 17.5. The minimum absolute atomic E-state index is 0.159. The fourth-order valence-electron chi connectivity index (χ4n) is 3.34. The van der Waals surface area contributed by atoms with E-state index in [2.05, 4.69) is 20.7 Å². The lowest BCUT2D eigenvalue weighted by molar-refractivity contribution is -0.114. The molecule has 9 nitrogen and oxygen atoms in total. The van der Waals surface area contributed by atoms with E-state index in [1.165, 1.54) is 19.4 Å². The van der Waals surface area contributed by atoms with Crippen LogP contribution in [0.25, 0.3) is 11.0 Å². The molecule has 0 bridgehead atoms. The summed E-state index contributed by atoms with van der Waals surface area (Å²) in [6.07, 6.45) is 3.03. The summed E-state index contributed by atoms with van der Waals surface area (Å²) in [5.74, 6) is -0.414. The summed E-state index contributed by atoms with van der Waals surface area (Å²) >= 11 is 0. The highest BCUT2D eigenvalue weighted by molar-refractivity contribution is 5.95. The lowest BCUT2D eigenvalue weighted by Gasteiger charge is -2.08. The first-order valence-corrected chi connectivity index (χ1v) is 10.1. The van der Waals surface area contributed by atoms with Crippen molar-refractivity contribution in [1.82, 2.24) is 24.6 Å². The SMILES string of the molecule is CC(=O)Nc1ccc(C(=O)NCCn2ncc3c(=O)n(Cc4ccccc4)cnc32)cc1. The lowest BCUT2D eigenvalue weighted by atomic mass is 10.2. The first-order chi connectivity index (χ1) is 15.5. The van der Waals surface area contributed by atoms with Crippen LogP contribution in [0, 0.1) is 0 Å². The average molecular weight is 430 g/mol. The number of hydrogen-bond acceptors (Lipinski definition) is 5. The fourth-order valence-corrected chi connectivity index (χ4v) is 3.34. The maximum absolute atomic E-state index is 12.8. The van der Waals surface area contributed by atoms with Gasteiger partial charge in [-0.05, 0) is 29.8 Å². The lowest BCUT2D eigenvalue weighted by Crippen LogP contribution is -2.27. The van der Waals surface area contributed by atoms with Gasteiger partial charge in [-0.3, -0.25) is 19.0 Å². The van der Waals surface area contributed by atoms with Crippen molar-refractivity contribution in [2.45, 2.75) is 20.0 Å². The molecule has 2 N–H and O–H groups in total. The second kappa shape index (κ2) is 9.25. The molecule has 0 radical (unpaired) electrons. The van der Waals surface area contributed by atoms with Gasteiger partial charge in [0, 0.05) is 24.7 Å². The van der Waals surface area contributed by atoms with Crippen molar-refractivity contribution in [3.05, 3.63) is 88.6 Å². The molecule has 4 aromatic rings. The quantitative estimate of drug-likeness (QED) is 0.466. The van der Waals surface area contributed by atoms with E-state index in [1.807, 2.05) is 30.3 Å². The topological polar surface area (TPSA) is 111 Å². The Hall–Kier alpha value is -4.27. The maximum Gasteiger partial charge on any atom is 0.264 e. The normalized spacial score (nSPS) is 10.8. The molecule has 2 aromatic heterocycles. The number of fused-ring (bicyclic) bond motifs is 1. The zero-order valence-electron chi connectivity index (χ0n) is 17.5. The molecule has 2 amide bonds. The van der Waals surface area contributed by atoms with Crippen molar-refractivity contribution < 1.29 is 9.59 Å². The van der Waals surface area contributed by atoms with E-state index in [0.29, 0.717) is 41.9 Å². The van der Waals surface area contributed by atoms with Gasteiger partial charge >= 0.3 is 0 Å². The van der Waals surface area contributed by atoms with Crippen LogP contribution < -0.4 is 16.2 Å². The van der Waals surface area contributed by atoms with E-state index in [4.69, 9.17) is 0 Å². The minimum Gasteiger partial charge on any atom is -0.350 e. The maximum atomic E-state index is 12.8. The van der Waals surface area contributed by atoms with Crippen molar-refractivity contribution in [2.75, 3.05) is 11.9 Å². The molecular formula is C23H22N6O3. The molecule has 2 aromatic carbocycles. The second-order valence-corrected chi connectivity index (χ2v) is 7.28. The van der Waals surface area contributed by atoms with E-state index in [0.717, 1.165) is 5.56 Å². The highest BCUT2D eigenvalue weighted by Crippen LogP contribution is 2.10. The number of benzene rings is 2. The molecule has 0 saturated carbocycles. The first-order valence-electron chi connectivity index (χ1n) is 10.1. The standard InChI is InChI=1S/C23H22N6O3/c1-16(30)27-19-9-7-18(8-10-19)22(31)24-11-12-29-21-20(13-26-29)23(32)28(15-25-21)14-17-5-3-2-4-6-17/h2-10,13,15H,11-12,14H2,1H3,(H,24,31)(H,27,30). The fraction of sp³-hybridized carbons (Fsp3) is 0.174. The number of amides is 2. The molecule has 162 valence electrons. The largest absolute Gasteiger partial charge is 0.350 e. The van der Waals surface area contributed by atoms with Crippen LogP contribution in [0.1, 0.15) is 22.8 Å². The summed E-state index contributed by atoms with van der Waals surface area (Å²) in [7, 11) is 0. The van der Waals surface area contributed by atoms with Gasteiger partial charge in [-0.25, -0.2) is 9.67 Å². The Kier molecular flexibility index (Phi) is 6.07. The van der Waals surface area contributed by atoms with Gasteiger partial charge < -0.3 is 10.6 Å². The Bertz CT molecular complexity index is 1310. The summed E-state index contributed by atoms with van der Waals surface area (Å²) in [5, 5.41) is 10.2. The van der Waals surface area contributed by atoms with E-state index in [1.54, 1.807) is 33.5 Å². The Morgan fingerprint density at radius 3 is 2.50 bits per heavy atom. The molecule has 0 aliphatic carbocycles. The Morgan fingerprint density at radius 2 is 1.78 bits per heavy atom. The van der Waals surface area contributed by atoms with E-state index in [-0.39, 0.29) is 17.4 Å². The molecule has 0 aliphatic heterocycles. The molecule has 0 aliphatic rings. The predicted molar refractivity (Wildman–Crippen MR) is 120 cm³/mol. The number of aromatic nitrogens is 4. The van der Waals surface area contributed by atoms with E-state index >= 15 is 0 Å². The number of nitrogens with zero attached hydrogens (tertiary/aromatic N) is 4. The van der Waals surface area contributed by atoms with Crippen molar-refractivity contribution in [3.63, 3.8) is 0 Å². The molecule has 9 heteroatoms. The molecule has 0 fully saturated rings.